The van der Waals surface area contributed by atoms with Crippen molar-refractivity contribution < 1.29 is 23.9 Å². The van der Waals surface area contributed by atoms with Crippen LogP contribution in [0, 0.1) is 0 Å². The van der Waals surface area contributed by atoms with E-state index in [9.17, 15) is 14.4 Å². The summed E-state index contributed by atoms with van der Waals surface area (Å²) in [5, 5.41) is -0.472. The van der Waals surface area contributed by atoms with E-state index in [0.29, 0.717) is 33.7 Å². The van der Waals surface area contributed by atoms with Gasteiger partial charge in [-0.25, -0.2) is 0 Å². The van der Waals surface area contributed by atoms with Crippen molar-refractivity contribution in [3.63, 3.8) is 0 Å². The maximum atomic E-state index is 12.7. The molecular weight excluding hydrogens is 458 g/mol. The number of hydrogen-bond acceptors (Lipinski definition) is 6. The Kier molecular flexibility index (Phi) is 6.76. The summed E-state index contributed by atoms with van der Waals surface area (Å²) in [6.07, 6.45) is 1.60. The SMILES string of the molecule is CCOc1cc(/C=C2\SC(=O)N(CC(=O)c3ccccc3)C2=O)c(Br)cc1OC. The lowest BCUT2D eigenvalue weighted by Crippen LogP contribution is -2.33. The normalized spacial score (nSPS) is 15.1. The van der Waals surface area contributed by atoms with Gasteiger partial charge in [-0.1, -0.05) is 46.3 Å². The second-order valence-electron chi connectivity index (χ2n) is 6.01. The van der Waals surface area contributed by atoms with Gasteiger partial charge in [0.1, 0.15) is 0 Å². The Morgan fingerprint density at radius 1 is 1.17 bits per heavy atom. The Hall–Kier alpha value is -2.58. The van der Waals surface area contributed by atoms with Gasteiger partial charge in [0.25, 0.3) is 11.1 Å². The van der Waals surface area contributed by atoms with Gasteiger partial charge in [-0.05, 0) is 42.5 Å². The van der Waals surface area contributed by atoms with E-state index in [2.05, 4.69) is 15.9 Å². The quantitative estimate of drug-likeness (QED) is 0.423. The molecule has 0 unspecified atom stereocenters. The average Bonchev–Trinajstić information content (AvgIpc) is 2.98. The molecule has 2 aromatic rings. The Bertz CT molecular complexity index is 990. The fourth-order valence-electron chi connectivity index (χ4n) is 2.73. The number of hydrogen-bond donors (Lipinski definition) is 0. The molecule has 0 saturated carbocycles. The van der Waals surface area contributed by atoms with Crippen molar-refractivity contribution in [3.05, 3.63) is 63.0 Å². The fourth-order valence-corrected chi connectivity index (χ4v) is 3.99. The first-order valence-electron chi connectivity index (χ1n) is 8.78. The highest BCUT2D eigenvalue weighted by atomic mass is 79.9. The minimum atomic E-state index is -0.495. The molecular formula is C21H18BrNO5S. The van der Waals surface area contributed by atoms with Crippen LogP contribution in [0.4, 0.5) is 4.79 Å². The molecule has 2 amide bonds. The number of carbonyl (C=O) groups is 3. The average molecular weight is 476 g/mol. The van der Waals surface area contributed by atoms with Crippen molar-refractivity contribution in [2.24, 2.45) is 0 Å². The number of halogens is 1. The largest absolute Gasteiger partial charge is 0.493 e. The predicted octanol–water partition coefficient (Wildman–Crippen LogP) is 4.78. The standard InChI is InChI=1S/C21H18BrNO5S/c1-3-28-18-9-14(15(22)11-17(18)27-2)10-19-20(25)23(21(26)29-19)12-16(24)13-7-5-4-6-8-13/h4-11H,3,12H2,1-2H3/b19-10-. The topological polar surface area (TPSA) is 72.9 Å². The summed E-state index contributed by atoms with van der Waals surface area (Å²) in [7, 11) is 1.54. The van der Waals surface area contributed by atoms with Crippen LogP contribution < -0.4 is 9.47 Å². The van der Waals surface area contributed by atoms with Gasteiger partial charge >= 0.3 is 0 Å². The zero-order valence-corrected chi connectivity index (χ0v) is 18.2. The summed E-state index contributed by atoms with van der Waals surface area (Å²) < 4.78 is 11.6. The van der Waals surface area contributed by atoms with E-state index in [1.807, 2.05) is 6.92 Å². The number of amides is 2. The number of Topliss-reactive ketones (excluding diaryl/α,β-unsaturated/α-hetero) is 1. The molecule has 1 heterocycles. The summed E-state index contributed by atoms with van der Waals surface area (Å²) in [6, 6.07) is 12.0. The van der Waals surface area contributed by atoms with Crippen LogP contribution in [0.3, 0.4) is 0 Å². The van der Waals surface area contributed by atoms with Crippen LogP contribution >= 0.6 is 27.7 Å². The van der Waals surface area contributed by atoms with Crippen LogP contribution in [-0.2, 0) is 4.79 Å². The van der Waals surface area contributed by atoms with Crippen LogP contribution in [0.25, 0.3) is 6.08 Å². The smallest absolute Gasteiger partial charge is 0.293 e. The van der Waals surface area contributed by atoms with E-state index in [1.165, 1.54) is 0 Å². The Labute approximate surface area is 181 Å². The highest BCUT2D eigenvalue weighted by molar-refractivity contribution is 9.10. The second kappa shape index (κ2) is 9.28. The zero-order valence-electron chi connectivity index (χ0n) is 15.8. The lowest BCUT2D eigenvalue weighted by molar-refractivity contribution is -0.122. The first-order chi connectivity index (χ1) is 13.9. The van der Waals surface area contributed by atoms with Crippen molar-refractivity contribution in [1.29, 1.82) is 0 Å². The van der Waals surface area contributed by atoms with E-state index >= 15 is 0 Å². The zero-order chi connectivity index (χ0) is 21.0. The molecule has 0 radical (unpaired) electrons. The van der Waals surface area contributed by atoms with Gasteiger partial charge in [0.15, 0.2) is 17.3 Å². The summed E-state index contributed by atoms with van der Waals surface area (Å²) in [6.45, 7) is 2.02. The molecule has 1 aliphatic heterocycles. The molecule has 1 aliphatic rings. The van der Waals surface area contributed by atoms with Gasteiger partial charge in [0.05, 0.1) is 25.2 Å². The molecule has 6 nitrogen and oxygen atoms in total. The number of ketones is 1. The van der Waals surface area contributed by atoms with Crippen molar-refractivity contribution in [2.45, 2.75) is 6.92 Å². The van der Waals surface area contributed by atoms with E-state index < -0.39 is 11.1 Å². The third kappa shape index (κ3) is 4.71. The first kappa shape index (κ1) is 21.1. The molecule has 3 rings (SSSR count). The van der Waals surface area contributed by atoms with Gasteiger partial charge in [-0.3, -0.25) is 19.3 Å². The van der Waals surface area contributed by atoms with Crippen LogP contribution in [-0.4, -0.2) is 42.1 Å². The third-order valence-electron chi connectivity index (χ3n) is 4.14. The van der Waals surface area contributed by atoms with E-state index in [1.54, 1.807) is 55.7 Å². The lowest BCUT2D eigenvalue weighted by Gasteiger charge is -2.12. The van der Waals surface area contributed by atoms with Crippen LogP contribution in [0.15, 0.2) is 51.8 Å². The maximum Gasteiger partial charge on any atom is 0.293 e. The maximum absolute atomic E-state index is 12.7. The lowest BCUT2D eigenvalue weighted by atomic mass is 10.1. The summed E-state index contributed by atoms with van der Waals surface area (Å²) in [5.41, 5.74) is 1.11. The third-order valence-corrected chi connectivity index (χ3v) is 5.73. The van der Waals surface area contributed by atoms with Crippen molar-refractivity contribution in [3.8, 4) is 11.5 Å². The summed E-state index contributed by atoms with van der Waals surface area (Å²) in [4.78, 5) is 38.6. The van der Waals surface area contributed by atoms with Crippen molar-refractivity contribution in [1.82, 2.24) is 4.90 Å². The summed E-state index contributed by atoms with van der Waals surface area (Å²) in [5.74, 6) is 0.295. The fraction of sp³-hybridized carbons (Fsp3) is 0.190. The van der Waals surface area contributed by atoms with Gasteiger partial charge in [-0.15, -0.1) is 0 Å². The number of carbonyl (C=O) groups excluding carboxylic acids is 3. The molecule has 0 aromatic heterocycles. The molecule has 0 aliphatic carbocycles. The molecule has 1 fully saturated rings. The van der Waals surface area contributed by atoms with Crippen LogP contribution in [0.1, 0.15) is 22.8 Å². The summed E-state index contributed by atoms with van der Waals surface area (Å²) >= 11 is 4.25. The predicted molar refractivity (Wildman–Crippen MR) is 115 cm³/mol. The number of ether oxygens (including phenoxy) is 2. The molecule has 8 heteroatoms. The van der Waals surface area contributed by atoms with Gasteiger partial charge < -0.3 is 9.47 Å². The van der Waals surface area contributed by atoms with Crippen molar-refractivity contribution in [2.75, 3.05) is 20.3 Å². The molecule has 0 bridgehead atoms. The minimum Gasteiger partial charge on any atom is -0.493 e. The Morgan fingerprint density at radius 3 is 2.55 bits per heavy atom. The Balaban J connectivity index is 1.84. The first-order valence-corrected chi connectivity index (χ1v) is 10.4. The number of benzene rings is 2. The molecule has 150 valence electrons. The van der Waals surface area contributed by atoms with Crippen molar-refractivity contribution >= 4 is 50.7 Å². The minimum absolute atomic E-state index is 0.240. The molecule has 0 spiro atoms. The highest BCUT2D eigenvalue weighted by Crippen LogP contribution is 2.38. The number of nitrogens with zero attached hydrogens (tertiary/aromatic N) is 1. The van der Waals surface area contributed by atoms with Crippen LogP contribution in [0.5, 0.6) is 11.5 Å². The molecule has 0 atom stereocenters. The number of imide groups is 1. The van der Waals surface area contributed by atoms with E-state index in [0.717, 1.165) is 16.7 Å². The number of thioether (sulfide) groups is 1. The molecule has 0 N–H and O–H groups in total. The van der Waals surface area contributed by atoms with Gasteiger partial charge in [0, 0.05) is 10.0 Å². The number of rotatable bonds is 7. The van der Waals surface area contributed by atoms with E-state index in [-0.39, 0.29) is 17.2 Å². The van der Waals surface area contributed by atoms with Gasteiger partial charge in [0.2, 0.25) is 0 Å². The van der Waals surface area contributed by atoms with Gasteiger partial charge in [-0.2, -0.15) is 0 Å². The van der Waals surface area contributed by atoms with E-state index in [4.69, 9.17) is 9.47 Å². The monoisotopic (exact) mass is 475 g/mol. The van der Waals surface area contributed by atoms with Crippen LogP contribution in [0.2, 0.25) is 0 Å². The molecule has 1 saturated heterocycles. The molecule has 2 aromatic carbocycles. The number of methoxy groups -OCH3 is 1. The molecule has 29 heavy (non-hydrogen) atoms. The Morgan fingerprint density at radius 2 is 1.90 bits per heavy atom. The second-order valence-corrected chi connectivity index (χ2v) is 7.86. The highest BCUT2D eigenvalue weighted by Gasteiger charge is 2.36.